The van der Waals surface area contributed by atoms with Gasteiger partial charge >= 0.3 is 0 Å². The standard InChI is InChI=1S/C85H84N5OS.Pt/c1-80(2,3)55-34-30-52(31-35-55)65-46-58(83(10,11)12)47-66(53-32-36-56(37-33-53)81(4,5)6)77(65)89-51-88(70-28-20-21-29-71(70)89)59-44-54(75-67(84(13,14)15)25-23-26-68(75)85(16,17)18)45-61(49-59)91-60-38-39-64-73(50-60)90(74-48-57(42-43-87-74)82(7,8)9)72-41-40-63-62-24-22-27-69(86-19)78(62)92-79(63)76(64)72;/h20-48,51H,1-18H3;/q-3;. The number of aromatic nitrogens is 2. The summed E-state index contributed by atoms with van der Waals surface area (Å²) in [7, 11) is 0. The molecule has 0 radical (unpaired) electrons. The minimum absolute atomic E-state index is 0. The molecule has 3 aromatic heterocycles. The Bertz CT molecular complexity index is 4830. The van der Waals surface area contributed by atoms with Crippen molar-refractivity contribution in [1.82, 2.24) is 9.55 Å². The fraction of sp³-hybridized carbons (Fsp3) is 0.282. The molecule has 8 heteroatoms. The molecule has 0 unspecified atom stereocenters. The molecule has 474 valence electrons. The van der Waals surface area contributed by atoms with Crippen LogP contribution in [0.5, 0.6) is 11.5 Å². The number of ether oxygens (including phenoxy) is 1. The summed E-state index contributed by atoms with van der Waals surface area (Å²) in [4.78, 5) is 13.8. The second-order valence-electron chi connectivity index (χ2n) is 31.4. The third-order valence-electron chi connectivity index (χ3n) is 18.5. The Morgan fingerprint density at radius 3 is 1.58 bits per heavy atom. The van der Waals surface area contributed by atoms with Crippen LogP contribution in [-0.4, -0.2) is 9.55 Å². The first kappa shape index (κ1) is 64.8. The largest absolute Gasteiger partial charge is 0.509 e. The molecule has 6 nitrogen and oxygen atoms in total. The van der Waals surface area contributed by atoms with Gasteiger partial charge in [0.05, 0.1) is 6.57 Å². The van der Waals surface area contributed by atoms with Crippen LogP contribution < -0.4 is 14.5 Å². The van der Waals surface area contributed by atoms with Crippen molar-refractivity contribution in [2.75, 3.05) is 9.80 Å². The van der Waals surface area contributed by atoms with E-state index in [4.69, 9.17) is 16.3 Å². The predicted molar refractivity (Wildman–Crippen MR) is 392 cm³/mol. The molecule has 4 heterocycles. The summed E-state index contributed by atoms with van der Waals surface area (Å²) in [5.74, 6) is 1.91. The number of anilines is 4. The number of thiophene rings is 1. The van der Waals surface area contributed by atoms with E-state index in [-0.39, 0.29) is 53.6 Å². The monoisotopic (exact) mass is 1420 g/mol. The Balaban J connectivity index is 0.00000832. The van der Waals surface area contributed by atoms with E-state index in [9.17, 15) is 0 Å². The summed E-state index contributed by atoms with van der Waals surface area (Å²) in [6.45, 7) is 51.6. The topological polar surface area (TPSA) is 37.9 Å². The van der Waals surface area contributed by atoms with E-state index in [1.54, 1.807) is 11.3 Å². The van der Waals surface area contributed by atoms with E-state index in [1.165, 1.54) is 38.9 Å². The molecule has 1 aliphatic heterocycles. The molecule has 0 saturated heterocycles. The van der Waals surface area contributed by atoms with Crippen molar-refractivity contribution in [3.05, 3.63) is 240 Å². The van der Waals surface area contributed by atoms with E-state index in [1.807, 2.05) is 18.3 Å². The maximum Gasteiger partial charge on any atom is 0.204 e. The minimum atomic E-state index is -0.204. The van der Waals surface area contributed by atoms with Gasteiger partial charge in [0.15, 0.2) is 0 Å². The number of nitrogens with zero attached hydrogens (tertiary/aromatic N) is 5. The molecular weight excluding hydrogens is 1330 g/mol. The molecule has 0 saturated carbocycles. The molecule has 12 aromatic rings. The average Bonchev–Trinajstić information content (AvgIpc) is 1.59. The molecule has 0 atom stereocenters. The predicted octanol–water partition coefficient (Wildman–Crippen LogP) is 24.7. The molecule has 9 aromatic carbocycles. The van der Waals surface area contributed by atoms with E-state index < -0.39 is 0 Å². The van der Waals surface area contributed by atoms with Crippen LogP contribution in [0, 0.1) is 25.4 Å². The zero-order chi connectivity index (χ0) is 65.4. The van der Waals surface area contributed by atoms with Crippen LogP contribution in [0.1, 0.15) is 158 Å². The number of fused-ring (bicyclic) bond motifs is 8. The smallest absolute Gasteiger partial charge is 0.204 e. The van der Waals surface area contributed by atoms with Crippen molar-refractivity contribution >= 4 is 81.8 Å². The average molecular weight is 1420 g/mol. The Morgan fingerprint density at radius 2 is 1.02 bits per heavy atom. The van der Waals surface area contributed by atoms with Gasteiger partial charge in [0, 0.05) is 81.9 Å². The zero-order valence-electron chi connectivity index (χ0n) is 57.2. The third kappa shape index (κ3) is 11.9. The molecule has 0 amide bonds. The first-order valence-electron chi connectivity index (χ1n) is 32.4. The van der Waals surface area contributed by atoms with Crippen molar-refractivity contribution in [2.24, 2.45) is 0 Å². The first-order valence-corrected chi connectivity index (χ1v) is 33.2. The SMILES string of the molecule is [C-]#[N+]c1cccc2c1sc1c2ccc2c1c1ccc(Oc3[c-]c(N4[CH-]N(c5c(-c6ccc(C(C)(C)C)cc6)cc(C(C)(C)C)cc5-c5ccc(C(C)(C)C)cc5)c5ccccc54)cc(-c4c(C(C)(C)C)cccc4C(C)(C)C)c3)[c-]c1n2-c1cc(C(C)(C)C)ccn1.[Pt]. The van der Waals surface area contributed by atoms with Crippen molar-refractivity contribution in [3.8, 4) is 50.7 Å². The van der Waals surface area contributed by atoms with Gasteiger partial charge in [0.1, 0.15) is 5.82 Å². The van der Waals surface area contributed by atoms with Crippen LogP contribution in [-0.2, 0) is 53.6 Å². The van der Waals surface area contributed by atoms with E-state index >= 15 is 0 Å². The number of para-hydroxylation sites is 2. The summed E-state index contributed by atoms with van der Waals surface area (Å²) in [6.07, 6.45) is 1.92. The summed E-state index contributed by atoms with van der Waals surface area (Å²) in [5.41, 5.74) is 20.2. The van der Waals surface area contributed by atoms with Gasteiger partial charge in [0.2, 0.25) is 5.69 Å². The number of benzene rings is 9. The zero-order valence-corrected chi connectivity index (χ0v) is 60.3. The van der Waals surface area contributed by atoms with Gasteiger partial charge in [-0.25, -0.2) is 9.83 Å². The van der Waals surface area contributed by atoms with Crippen LogP contribution >= 0.6 is 11.3 Å². The van der Waals surface area contributed by atoms with Gasteiger partial charge in [-0.15, -0.1) is 65.0 Å². The van der Waals surface area contributed by atoms with Crippen LogP contribution in [0.4, 0.5) is 28.4 Å². The Labute approximate surface area is 570 Å². The van der Waals surface area contributed by atoms with Crippen LogP contribution in [0.25, 0.3) is 86.0 Å². The van der Waals surface area contributed by atoms with E-state index in [2.05, 4.69) is 320 Å². The van der Waals surface area contributed by atoms with Crippen molar-refractivity contribution in [3.63, 3.8) is 0 Å². The first-order chi connectivity index (χ1) is 43.3. The van der Waals surface area contributed by atoms with E-state index in [0.717, 1.165) is 98.4 Å². The molecule has 0 N–H and O–H groups in total. The fourth-order valence-corrected chi connectivity index (χ4v) is 14.6. The van der Waals surface area contributed by atoms with Gasteiger partial charge in [-0.05, 0) is 141 Å². The summed E-state index contributed by atoms with van der Waals surface area (Å²) < 4.78 is 11.7. The quantitative estimate of drug-likeness (QED) is 0.142. The van der Waals surface area contributed by atoms with Gasteiger partial charge in [-0.3, -0.25) is 0 Å². The van der Waals surface area contributed by atoms with Crippen LogP contribution in [0.15, 0.2) is 176 Å². The second-order valence-corrected chi connectivity index (χ2v) is 32.4. The molecule has 0 aliphatic carbocycles. The molecule has 0 bridgehead atoms. The maximum atomic E-state index is 8.10. The summed E-state index contributed by atoms with van der Waals surface area (Å²) in [6, 6.07) is 70.3. The van der Waals surface area contributed by atoms with Crippen molar-refractivity contribution < 1.29 is 25.8 Å². The molecule has 1 aliphatic rings. The summed E-state index contributed by atoms with van der Waals surface area (Å²) in [5, 5.41) is 4.34. The molecule has 93 heavy (non-hydrogen) atoms. The minimum Gasteiger partial charge on any atom is -0.509 e. The third-order valence-corrected chi connectivity index (χ3v) is 19.7. The van der Waals surface area contributed by atoms with Gasteiger partial charge in [-0.2, -0.15) is 6.07 Å². The number of hydrogen-bond donors (Lipinski definition) is 0. The number of pyridine rings is 1. The van der Waals surface area contributed by atoms with Gasteiger partial charge in [0.25, 0.3) is 0 Å². The second kappa shape index (κ2) is 23.3. The molecular formula is C85H84N5OPtS-3. The van der Waals surface area contributed by atoms with E-state index in [0.29, 0.717) is 17.2 Å². The van der Waals surface area contributed by atoms with Crippen LogP contribution in [0.3, 0.4) is 0 Å². The molecule has 13 rings (SSSR count). The van der Waals surface area contributed by atoms with Crippen molar-refractivity contribution in [1.29, 1.82) is 0 Å². The maximum absolute atomic E-state index is 8.10. The van der Waals surface area contributed by atoms with Gasteiger partial charge in [-0.1, -0.05) is 233 Å². The molecule has 0 spiro atoms. The Kier molecular flexibility index (Phi) is 16.3. The fourth-order valence-electron chi connectivity index (χ4n) is 13.3. The number of rotatable bonds is 8. The number of hydrogen-bond acceptors (Lipinski definition) is 5. The normalized spacial score (nSPS) is 13.3. The Morgan fingerprint density at radius 1 is 0.473 bits per heavy atom. The summed E-state index contributed by atoms with van der Waals surface area (Å²) >= 11 is 1.69. The Hall–Kier alpha value is -8.27. The van der Waals surface area contributed by atoms with Crippen LogP contribution in [0.2, 0.25) is 0 Å². The van der Waals surface area contributed by atoms with Crippen molar-refractivity contribution in [2.45, 2.75) is 157 Å². The van der Waals surface area contributed by atoms with Gasteiger partial charge < -0.3 is 19.1 Å². The molecule has 0 fully saturated rings.